The summed E-state index contributed by atoms with van der Waals surface area (Å²) in [5.41, 5.74) is 3.49. The Balaban J connectivity index is 1.25. The number of anilines is 3. The van der Waals surface area contributed by atoms with Gasteiger partial charge in [-0.2, -0.15) is 0 Å². The Hall–Kier alpha value is -3.58. The number of nitrogens with zero attached hydrogens (tertiary/aromatic N) is 3. The number of hydrogen-bond acceptors (Lipinski definition) is 5. The molecule has 1 aromatic heterocycles. The Morgan fingerprint density at radius 1 is 1.03 bits per heavy atom. The number of benzene rings is 2. The fourth-order valence-corrected chi connectivity index (χ4v) is 3.72. The normalized spacial score (nSPS) is 15.6. The maximum Gasteiger partial charge on any atom is 0.323 e. The van der Waals surface area contributed by atoms with E-state index < -0.39 is 0 Å². The van der Waals surface area contributed by atoms with Crippen LogP contribution in [0.2, 0.25) is 0 Å². The van der Waals surface area contributed by atoms with Gasteiger partial charge in [0.15, 0.2) is 0 Å². The molecule has 166 valence electrons. The van der Waals surface area contributed by atoms with Crippen molar-refractivity contribution in [3.8, 4) is 5.75 Å². The minimum Gasteiger partial charge on any atom is -0.487 e. The van der Waals surface area contributed by atoms with E-state index in [0.717, 1.165) is 30.2 Å². The molecule has 1 saturated heterocycles. The molecular weight excluding hydrogens is 402 g/mol. The van der Waals surface area contributed by atoms with Gasteiger partial charge in [-0.3, -0.25) is 4.98 Å². The standard InChI is InChI=1S/C25H29N5O2/c1-29(2)23-14-16-30(17-23)22-10-6-19(7-11-22)27-25(31)28-20-8-12-24(13-9-20)32-18-21-5-3-4-15-26-21/h3-13,15,23H,14,16-18H2,1-2H3,(H2,27,28,31). The number of urea groups is 1. The van der Waals surface area contributed by atoms with Crippen LogP contribution in [-0.2, 0) is 6.61 Å². The van der Waals surface area contributed by atoms with Crippen LogP contribution in [-0.4, -0.2) is 49.1 Å². The highest BCUT2D eigenvalue weighted by atomic mass is 16.5. The number of nitrogens with one attached hydrogen (secondary N) is 2. The molecule has 2 heterocycles. The first kappa shape index (κ1) is 21.6. The number of aromatic nitrogens is 1. The molecule has 1 aliphatic heterocycles. The van der Waals surface area contributed by atoms with Crippen LogP contribution in [0.1, 0.15) is 12.1 Å². The molecule has 32 heavy (non-hydrogen) atoms. The number of amides is 2. The zero-order valence-electron chi connectivity index (χ0n) is 18.5. The summed E-state index contributed by atoms with van der Waals surface area (Å²) in [6.45, 7) is 2.48. The van der Waals surface area contributed by atoms with Crippen LogP contribution in [0.15, 0.2) is 72.9 Å². The molecule has 2 N–H and O–H groups in total. The third kappa shape index (κ3) is 5.76. The van der Waals surface area contributed by atoms with Gasteiger partial charge in [0.2, 0.25) is 0 Å². The predicted molar refractivity (Wildman–Crippen MR) is 128 cm³/mol. The minimum atomic E-state index is -0.284. The molecule has 0 bridgehead atoms. The zero-order chi connectivity index (χ0) is 22.3. The summed E-state index contributed by atoms with van der Waals surface area (Å²) >= 11 is 0. The van der Waals surface area contributed by atoms with Gasteiger partial charge in [-0.15, -0.1) is 0 Å². The van der Waals surface area contributed by atoms with E-state index in [1.165, 1.54) is 12.1 Å². The van der Waals surface area contributed by atoms with Crippen LogP contribution < -0.4 is 20.3 Å². The third-order valence-corrected chi connectivity index (χ3v) is 5.61. The van der Waals surface area contributed by atoms with Gasteiger partial charge < -0.3 is 25.2 Å². The summed E-state index contributed by atoms with van der Waals surface area (Å²) in [5.74, 6) is 0.718. The number of carbonyl (C=O) groups excluding carboxylic acids is 1. The number of pyridine rings is 1. The van der Waals surface area contributed by atoms with E-state index in [9.17, 15) is 4.79 Å². The van der Waals surface area contributed by atoms with Crippen LogP contribution in [0, 0.1) is 0 Å². The van der Waals surface area contributed by atoms with Crippen LogP contribution in [0.5, 0.6) is 5.75 Å². The van der Waals surface area contributed by atoms with Gasteiger partial charge in [0.1, 0.15) is 12.4 Å². The second-order valence-corrected chi connectivity index (χ2v) is 8.11. The average Bonchev–Trinajstić information content (AvgIpc) is 3.31. The zero-order valence-corrected chi connectivity index (χ0v) is 18.5. The number of ether oxygens (including phenoxy) is 1. The monoisotopic (exact) mass is 431 g/mol. The molecular formula is C25H29N5O2. The highest BCUT2D eigenvalue weighted by molar-refractivity contribution is 5.99. The lowest BCUT2D eigenvalue weighted by Crippen LogP contribution is -2.31. The molecule has 7 nitrogen and oxygen atoms in total. The number of hydrogen-bond donors (Lipinski definition) is 2. The second kappa shape index (κ2) is 10.2. The van der Waals surface area contributed by atoms with Crippen LogP contribution in [0.25, 0.3) is 0 Å². The molecule has 2 aromatic carbocycles. The lowest BCUT2D eigenvalue weighted by molar-refractivity contribution is 0.262. The summed E-state index contributed by atoms with van der Waals surface area (Å²) in [6, 6.07) is 21.3. The van der Waals surface area contributed by atoms with Gasteiger partial charge in [0.25, 0.3) is 0 Å². The smallest absolute Gasteiger partial charge is 0.323 e. The quantitative estimate of drug-likeness (QED) is 0.579. The van der Waals surface area contributed by atoms with Gasteiger partial charge in [-0.25, -0.2) is 4.79 Å². The van der Waals surface area contributed by atoms with E-state index in [2.05, 4.69) is 51.6 Å². The van der Waals surface area contributed by atoms with E-state index >= 15 is 0 Å². The fraction of sp³-hybridized carbons (Fsp3) is 0.280. The van der Waals surface area contributed by atoms with Crippen LogP contribution in [0.3, 0.4) is 0 Å². The number of carbonyl (C=O) groups is 1. The van der Waals surface area contributed by atoms with Gasteiger partial charge in [-0.05, 0) is 81.2 Å². The largest absolute Gasteiger partial charge is 0.487 e. The highest BCUT2D eigenvalue weighted by Gasteiger charge is 2.23. The van der Waals surface area contributed by atoms with Gasteiger partial charge in [-0.1, -0.05) is 6.07 Å². The van der Waals surface area contributed by atoms with Crippen molar-refractivity contribution in [2.75, 3.05) is 42.7 Å². The van der Waals surface area contributed by atoms with Crippen molar-refractivity contribution in [3.05, 3.63) is 78.6 Å². The highest BCUT2D eigenvalue weighted by Crippen LogP contribution is 2.24. The summed E-state index contributed by atoms with van der Waals surface area (Å²) in [5, 5.41) is 5.73. The average molecular weight is 432 g/mol. The maximum absolute atomic E-state index is 12.4. The van der Waals surface area contributed by atoms with Gasteiger partial charge in [0.05, 0.1) is 5.69 Å². The topological polar surface area (TPSA) is 69.7 Å². The molecule has 0 spiro atoms. The Kier molecular flexibility index (Phi) is 6.87. The Morgan fingerprint density at radius 3 is 2.31 bits per heavy atom. The first-order chi connectivity index (χ1) is 15.6. The van der Waals surface area contributed by atoms with Gasteiger partial charge >= 0.3 is 6.03 Å². The van der Waals surface area contributed by atoms with Crippen LogP contribution >= 0.6 is 0 Å². The summed E-state index contributed by atoms with van der Waals surface area (Å²) < 4.78 is 5.72. The fourth-order valence-electron chi connectivity index (χ4n) is 3.72. The molecule has 7 heteroatoms. The Labute approximate surface area is 189 Å². The molecule has 3 aromatic rings. The van der Waals surface area contributed by atoms with Crippen molar-refractivity contribution in [3.63, 3.8) is 0 Å². The van der Waals surface area contributed by atoms with E-state index in [0.29, 0.717) is 18.3 Å². The molecule has 0 radical (unpaired) electrons. The van der Waals surface area contributed by atoms with Crippen LogP contribution in [0.4, 0.5) is 21.9 Å². The third-order valence-electron chi connectivity index (χ3n) is 5.61. The second-order valence-electron chi connectivity index (χ2n) is 8.11. The number of likely N-dealkylation sites (N-methyl/N-ethyl adjacent to an activating group) is 1. The maximum atomic E-state index is 12.4. The van der Waals surface area contributed by atoms with E-state index in [4.69, 9.17) is 4.74 Å². The molecule has 1 aliphatic rings. The Bertz CT molecular complexity index is 1010. The Morgan fingerprint density at radius 2 is 1.72 bits per heavy atom. The lowest BCUT2D eigenvalue weighted by atomic mass is 10.2. The summed E-state index contributed by atoms with van der Waals surface area (Å²) in [7, 11) is 4.26. The molecule has 2 amide bonds. The lowest BCUT2D eigenvalue weighted by Gasteiger charge is -2.22. The van der Waals surface area contributed by atoms with Crippen molar-refractivity contribution < 1.29 is 9.53 Å². The number of rotatable bonds is 7. The molecule has 1 unspecified atom stereocenters. The molecule has 1 atom stereocenters. The van der Waals surface area contributed by atoms with Crippen molar-refractivity contribution in [1.82, 2.24) is 9.88 Å². The van der Waals surface area contributed by atoms with E-state index in [1.807, 2.05) is 54.6 Å². The van der Waals surface area contributed by atoms with Crippen molar-refractivity contribution in [2.45, 2.75) is 19.1 Å². The molecule has 0 saturated carbocycles. The van der Waals surface area contributed by atoms with Crippen molar-refractivity contribution in [1.29, 1.82) is 0 Å². The predicted octanol–water partition coefficient (Wildman–Crippen LogP) is 4.44. The van der Waals surface area contributed by atoms with E-state index in [1.54, 1.807) is 6.20 Å². The van der Waals surface area contributed by atoms with Crippen molar-refractivity contribution >= 4 is 23.1 Å². The van der Waals surface area contributed by atoms with Gasteiger partial charge in [0, 0.05) is 42.4 Å². The minimum absolute atomic E-state index is 0.284. The summed E-state index contributed by atoms with van der Waals surface area (Å²) in [6.07, 6.45) is 2.91. The first-order valence-corrected chi connectivity index (χ1v) is 10.8. The molecule has 0 aliphatic carbocycles. The molecule has 1 fully saturated rings. The first-order valence-electron chi connectivity index (χ1n) is 10.8. The SMILES string of the molecule is CN(C)C1CCN(c2ccc(NC(=O)Nc3ccc(OCc4ccccn4)cc3)cc2)C1. The molecule has 4 rings (SSSR count). The van der Waals surface area contributed by atoms with Crippen molar-refractivity contribution in [2.24, 2.45) is 0 Å². The van der Waals surface area contributed by atoms with E-state index in [-0.39, 0.29) is 6.03 Å². The summed E-state index contributed by atoms with van der Waals surface area (Å²) in [4.78, 5) is 21.3.